The summed E-state index contributed by atoms with van der Waals surface area (Å²) in [4.78, 5) is 24.3. The summed E-state index contributed by atoms with van der Waals surface area (Å²) >= 11 is 0. The average Bonchev–Trinajstić information content (AvgIpc) is 2.61. The van der Waals surface area contributed by atoms with Gasteiger partial charge in [-0.2, -0.15) is 0 Å². The molecule has 0 unspecified atom stereocenters. The summed E-state index contributed by atoms with van der Waals surface area (Å²) in [7, 11) is 0. The molecule has 0 heterocycles. The molecule has 2 amide bonds. The van der Waals surface area contributed by atoms with Gasteiger partial charge in [0.2, 0.25) is 5.91 Å². The fraction of sp³-hybridized carbons (Fsp3) is 0.579. The number of nitrogens with two attached hydrogens (primary N) is 1. The van der Waals surface area contributed by atoms with Gasteiger partial charge in [0.1, 0.15) is 0 Å². The van der Waals surface area contributed by atoms with Gasteiger partial charge in [-0.1, -0.05) is 44.2 Å². The van der Waals surface area contributed by atoms with Crippen molar-refractivity contribution in [3.8, 4) is 0 Å². The molecule has 1 fully saturated rings. The van der Waals surface area contributed by atoms with E-state index in [0.29, 0.717) is 30.8 Å². The minimum absolute atomic E-state index is 0. The van der Waals surface area contributed by atoms with Crippen molar-refractivity contribution >= 4 is 29.9 Å². The van der Waals surface area contributed by atoms with Crippen LogP contribution in [0.4, 0.5) is 5.69 Å². The molecule has 0 atom stereocenters. The van der Waals surface area contributed by atoms with E-state index in [2.05, 4.69) is 10.6 Å². The van der Waals surface area contributed by atoms with Gasteiger partial charge in [-0.25, -0.2) is 0 Å². The van der Waals surface area contributed by atoms with Gasteiger partial charge >= 0.3 is 0 Å². The van der Waals surface area contributed by atoms with E-state index in [4.69, 9.17) is 5.73 Å². The highest BCUT2D eigenvalue weighted by Gasteiger charge is 2.15. The molecule has 0 saturated heterocycles. The molecular weight excluding hydrogens is 338 g/mol. The van der Waals surface area contributed by atoms with Crippen LogP contribution in [0.2, 0.25) is 0 Å². The van der Waals surface area contributed by atoms with Crippen molar-refractivity contribution in [2.45, 2.75) is 51.4 Å². The van der Waals surface area contributed by atoms with Crippen molar-refractivity contribution in [3.05, 3.63) is 29.8 Å². The second-order valence-corrected chi connectivity index (χ2v) is 6.53. The summed E-state index contributed by atoms with van der Waals surface area (Å²) in [6.45, 7) is 0.809. The molecule has 4 N–H and O–H groups in total. The van der Waals surface area contributed by atoms with E-state index in [1.165, 1.54) is 32.1 Å². The Hall–Kier alpha value is -1.59. The number of para-hydroxylation sites is 1. The first-order valence-corrected chi connectivity index (χ1v) is 9.08. The maximum atomic E-state index is 12.2. The van der Waals surface area contributed by atoms with Crippen LogP contribution >= 0.6 is 12.4 Å². The summed E-state index contributed by atoms with van der Waals surface area (Å²) in [5, 5.41) is 5.61. The highest BCUT2D eigenvalue weighted by molar-refractivity contribution is 6.03. The first-order valence-electron chi connectivity index (χ1n) is 9.08. The molecule has 0 aromatic heterocycles. The molecule has 1 aromatic carbocycles. The number of halogens is 1. The van der Waals surface area contributed by atoms with Gasteiger partial charge in [0, 0.05) is 19.5 Å². The number of hydrogen-bond acceptors (Lipinski definition) is 3. The molecular formula is C19H30ClN3O2. The number of amides is 2. The van der Waals surface area contributed by atoms with Gasteiger partial charge in [0.15, 0.2) is 0 Å². The minimum atomic E-state index is -0.210. The molecule has 5 nitrogen and oxygen atoms in total. The van der Waals surface area contributed by atoms with Crippen LogP contribution in [0.25, 0.3) is 0 Å². The quantitative estimate of drug-likeness (QED) is 0.657. The van der Waals surface area contributed by atoms with E-state index in [0.717, 1.165) is 18.8 Å². The third-order valence-corrected chi connectivity index (χ3v) is 4.62. The zero-order valence-corrected chi connectivity index (χ0v) is 15.6. The summed E-state index contributed by atoms with van der Waals surface area (Å²) in [5.74, 6) is 0.560. The number of hydrogen-bond donors (Lipinski definition) is 3. The first-order chi connectivity index (χ1) is 11.7. The van der Waals surface area contributed by atoms with Crippen molar-refractivity contribution in [2.75, 3.05) is 18.4 Å². The van der Waals surface area contributed by atoms with E-state index >= 15 is 0 Å². The molecule has 1 aliphatic rings. The van der Waals surface area contributed by atoms with Crippen LogP contribution in [0.1, 0.15) is 61.7 Å². The Kier molecular flexibility index (Phi) is 10.2. The molecule has 6 heteroatoms. The van der Waals surface area contributed by atoms with Crippen LogP contribution in [-0.4, -0.2) is 24.9 Å². The van der Waals surface area contributed by atoms with Crippen LogP contribution in [0.15, 0.2) is 24.3 Å². The van der Waals surface area contributed by atoms with Crippen LogP contribution < -0.4 is 16.4 Å². The predicted molar refractivity (Wildman–Crippen MR) is 104 cm³/mol. The van der Waals surface area contributed by atoms with Crippen LogP contribution in [0.3, 0.4) is 0 Å². The zero-order chi connectivity index (χ0) is 17.2. The Morgan fingerprint density at radius 3 is 2.56 bits per heavy atom. The van der Waals surface area contributed by atoms with Gasteiger partial charge < -0.3 is 16.4 Å². The van der Waals surface area contributed by atoms with Crippen molar-refractivity contribution in [3.63, 3.8) is 0 Å². The number of benzene rings is 1. The minimum Gasteiger partial charge on any atom is -0.351 e. The van der Waals surface area contributed by atoms with Crippen molar-refractivity contribution in [1.82, 2.24) is 5.32 Å². The molecule has 25 heavy (non-hydrogen) atoms. The fourth-order valence-electron chi connectivity index (χ4n) is 3.31. The molecule has 0 spiro atoms. The van der Waals surface area contributed by atoms with Crippen LogP contribution in [0.5, 0.6) is 0 Å². The van der Waals surface area contributed by atoms with Crippen molar-refractivity contribution in [2.24, 2.45) is 11.7 Å². The van der Waals surface area contributed by atoms with Crippen LogP contribution in [-0.2, 0) is 4.79 Å². The lowest BCUT2D eigenvalue weighted by atomic mass is 9.86. The normalized spacial score (nSPS) is 14.4. The maximum Gasteiger partial charge on any atom is 0.253 e. The van der Waals surface area contributed by atoms with E-state index in [1.807, 2.05) is 6.07 Å². The SMILES string of the molecule is Cl.NCCNC(=O)c1ccccc1NC(=O)CCCC1CCCCC1. The third kappa shape index (κ3) is 7.45. The molecule has 1 aliphatic carbocycles. The number of carbonyl (C=O) groups excluding carboxylic acids is 2. The van der Waals surface area contributed by atoms with E-state index in [-0.39, 0.29) is 24.2 Å². The Morgan fingerprint density at radius 1 is 1.12 bits per heavy atom. The van der Waals surface area contributed by atoms with Gasteiger partial charge in [-0.3, -0.25) is 9.59 Å². The average molecular weight is 368 g/mol. The monoisotopic (exact) mass is 367 g/mol. The van der Waals surface area contributed by atoms with E-state index in [9.17, 15) is 9.59 Å². The summed E-state index contributed by atoms with van der Waals surface area (Å²) in [6.07, 6.45) is 9.21. The van der Waals surface area contributed by atoms with E-state index in [1.54, 1.807) is 18.2 Å². The van der Waals surface area contributed by atoms with E-state index < -0.39 is 0 Å². The van der Waals surface area contributed by atoms with Crippen molar-refractivity contribution in [1.29, 1.82) is 0 Å². The standard InChI is InChI=1S/C19H29N3O2.ClH/c20-13-14-21-19(24)16-10-4-5-11-17(16)22-18(23)12-6-9-15-7-2-1-3-8-15;/h4-5,10-11,15H,1-3,6-9,12-14,20H2,(H,21,24)(H,22,23);1H. The fourth-order valence-corrected chi connectivity index (χ4v) is 3.31. The number of rotatable bonds is 8. The van der Waals surface area contributed by atoms with Gasteiger partial charge in [-0.05, 0) is 30.9 Å². The lowest BCUT2D eigenvalue weighted by Crippen LogP contribution is -2.29. The molecule has 0 bridgehead atoms. The van der Waals surface area contributed by atoms with Crippen molar-refractivity contribution < 1.29 is 9.59 Å². The molecule has 1 saturated carbocycles. The molecule has 0 aliphatic heterocycles. The first kappa shape index (κ1) is 21.5. The largest absolute Gasteiger partial charge is 0.351 e. The summed E-state index contributed by atoms with van der Waals surface area (Å²) < 4.78 is 0. The number of anilines is 1. The lowest BCUT2D eigenvalue weighted by molar-refractivity contribution is -0.116. The number of carbonyl (C=O) groups is 2. The third-order valence-electron chi connectivity index (χ3n) is 4.62. The Balaban J connectivity index is 0.00000312. The van der Waals surface area contributed by atoms with Gasteiger partial charge in [-0.15, -0.1) is 12.4 Å². The predicted octanol–water partition coefficient (Wildman–Crippen LogP) is 3.49. The Morgan fingerprint density at radius 2 is 1.84 bits per heavy atom. The Bertz CT molecular complexity index is 545. The molecule has 2 rings (SSSR count). The molecule has 0 radical (unpaired) electrons. The highest BCUT2D eigenvalue weighted by atomic mass is 35.5. The lowest BCUT2D eigenvalue weighted by Gasteiger charge is -2.21. The molecule has 1 aromatic rings. The van der Waals surface area contributed by atoms with Gasteiger partial charge in [0.05, 0.1) is 11.3 Å². The zero-order valence-electron chi connectivity index (χ0n) is 14.8. The highest BCUT2D eigenvalue weighted by Crippen LogP contribution is 2.27. The smallest absolute Gasteiger partial charge is 0.253 e. The molecule has 140 valence electrons. The topological polar surface area (TPSA) is 84.2 Å². The summed E-state index contributed by atoms with van der Waals surface area (Å²) in [5.41, 5.74) is 6.45. The maximum absolute atomic E-state index is 12.2. The van der Waals surface area contributed by atoms with Gasteiger partial charge in [0.25, 0.3) is 5.91 Å². The second-order valence-electron chi connectivity index (χ2n) is 6.53. The number of nitrogens with one attached hydrogen (secondary N) is 2. The Labute approximate surface area is 156 Å². The summed E-state index contributed by atoms with van der Waals surface area (Å²) in [6, 6.07) is 7.08. The second kappa shape index (κ2) is 11.9. The van der Waals surface area contributed by atoms with Crippen LogP contribution in [0, 0.1) is 5.92 Å².